The molecule has 0 unspecified atom stereocenters. The maximum Gasteiger partial charge on any atom is 0.261 e. The summed E-state index contributed by atoms with van der Waals surface area (Å²) in [7, 11) is -4.67. The van der Waals surface area contributed by atoms with E-state index in [1.54, 1.807) is 0 Å². The fourth-order valence-electron chi connectivity index (χ4n) is 4.80. The van der Waals surface area contributed by atoms with Crippen LogP contribution in [0.25, 0.3) is 0 Å². The molecule has 3 rings (SSSR count). The first kappa shape index (κ1) is 27.1. The van der Waals surface area contributed by atoms with Crippen LogP contribution in [0, 0.1) is 5.92 Å². The maximum atomic E-state index is 10.9. The van der Waals surface area contributed by atoms with Crippen molar-refractivity contribution in [1.82, 2.24) is 0 Å². The highest BCUT2D eigenvalue weighted by Gasteiger charge is 2.54. The van der Waals surface area contributed by atoms with Gasteiger partial charge in [-0.05, 0) is 39.1 Å². The summed E-state index contributed by atoms with van der Waals surface area (Å²) in [6.07, 6.45) is -0.135. The van der Waals surface area contributed by atoms with Gasteiger partial charge in [0.2, 0.25) is 0 Å². The van der Waals surface area contributed by atoms with Crippen molar-refractivity contribution in [3.63, 3.8) is 0 Å². The van der Waals surface area contributed by atoms with Crippen molar-refractivity contribution >= 4 is 27.0 Å². The SMILES string of the molecule is C=C1[C@H](O)C[C@H](O[Si](c2ccccc2)(c2ccccc2)C(C)(C)C)[C@H]1CO[Si](C)(C)C(C)(C)C. The Balaban J connectivity index is 2.05. The second kappa shape index (κ2) is 9.86. The van der Waals surface area contributed by atoms with E-state index in [9.17, 15) is 5.11 Å². The van der Waals surface area contributed by atoms with E-state index in [2.05, 4.69) is 122 Å². The Bertz CT molecular complexity index is 919. The lowest BCUT2D eigenvalue weighted by Crippen LogP contribution is -2.68. The molecule has 2 aromatic carbocycles. The Kier molecular flexibility index (Phi) is 7.86. The molecule has 186 valence electrons. The second-order valence-corrected chi connectivity index (χ2v) is 21.4. The van der Waals surface area contributed by atoms with Crippen LogP contribution in [0.15, 0.2) is 72.8 Å². The van der Waals surface area contributed by atoms with Crippen molar-refractivity contribution in [2.24, 2.45) is 5.92 Å². The van der Waals surface area contributed by atoms with E-state index in [-0.39, 0.29) is 22.1 Å². The van der Waals surface area contributed by atoms with Crippen LogP contribution in [-0.4, -0.2) is 40.6 Å². The van der Waals surface area contributed by atoms with E-state index in [0.29, 0.717) is 13.0 Å². The fraction of sp³-hybridized carbons (Fsp3) is 0.517. The Morgan fingerprint density at radius 3 is 1.74 bits per heavy atom. The van der Waals surface area contributed by atoms with E-state index < -0.39 is 22.7 Å². The average Bonchev–Trinajstić information content (AvgIpc) is 3.02. The first-order chi connectivity index (χ1) is 15.7. The number of rotatable bonds is 7. The van der Waals surface area contributed by atoms with Gasteiger partial charge in [-0.2, -0.15) is 0 Å². The molecule has 1 saturated carbocycles. The van der Waals surface area contributed by atoms with Crippen molar-refractivity contribution < 1.29 is 14.0 Å². The van der Waals surface area contributed by atoms with Crippen molar-refractivity contribution in [3.8, 4) is 0 Å². The summed E-state index contributed by atoms with van der Waals surface area (Å²) in [6, 6.07) is 21.4. The largest absolute Gasteiger partial charge is 0.416 e. The first-order valence-electron chi connectivity index (χ1n) is 12.5. The lowest BCUT2D eigenvalue weighted by Gasteiger charge is -2.46. The summed E-state index contributed by atoms with van der Waals surface area (Å²) < 4.78 is 14.0. The van der Waals surface area contributed by atoms with Gasteiger partial charge in [0.1, 0.15) is 0 Å². The molecular formula is C29H44O3Si2. The zero-order valence-electron chi connectivity index (χ0n) is 22.4. The van der Waals surface area contributed by atoms with Crippen molar-refractivity contribution in [2.75, 3.05) is 6.61 Å². The number of aliphatic hydroxyl groups excluding tert-OH is 1. The third-order valence-electron chi connectivity index (χ3n) is 7.98. The molecule has 3 nitrogen and oxygen atoms in total. The van der Waals surface area contributed by atoms with Gasteiger partial charge in [0.15, 0.2) is 8.32 Å². The zero-order chi connectivity index (χ0) is 25.4. The highest BCUT2D eigenvalue weighted by atomic mass is 28.4. The zero-order valence-corrected chi connectivity index (χ0v) is 24.4. The third-order valence-corrected chi connectivity index (χ3v) is 17.5. The predicted molar refractivity (Wildman–Crippen MR) is 149 cm³/mol. The van der Waals surface area contributed by atoms with Crippen molar-refractivity contribution in [1.29, 1.82) is 0 Å². The number of aliphatic hydroxyl groups is 1. The molecule has 1 N–H and O–H groups in total. The van der Waals surface area contributed by atoms with E-state index in [4.69, 9.17) is 8.85 Å². The summed E-state index contributed by atoms with van der Waals surface area (Å²) in [4.78, 5) is 0. The van der Waals surface area contributed by atoms with Crippen LogP contribution in [0.5, 0.6) is 0 Å². The van der Waals surface area contributed by atoms with Crippen LogP contribution >= 0.6 is 0 Å². The summed E-state index contributed by atoms with van der Waals surface area (Å²) in [5.41, 5.74) is 0.849. The Morgan fingerprint density at radius 1 is 0.853 bits per heavy atom. The summed E-state index contributed by atoms with van der Waals surface area (Å²) in [5, 5.41) is 13.4. The van der Waals surface area contributed by atoms with Gasteiger partial charge in [-0.1, -0.05) is 109 Å². The van der Waals surface area contributed by atoms with Crippen molar-refractivity contribution in [3.05, 3.63) is 72.8 Å². The van der Waals surface area contributed by atoms with E-state index in [1.807, 2.05) is 0 Å². The summed E-state index contributed by atoms with van der Waals surface area (Å²) in [6.45, 7) is 23.0. The predicted octanol–water partition coefficient (Wildman–Crippen LogP) is 5.89. The van der Waals surface area contributed by atoms with E-state index in [0.717, 1.165) is 5.57 Å². The third kappa shape index (κ3) is 5.19. The normalized spacial score (nSPS) is 22.3. The quantitative estimate of drug-likeness (QED) is 0.384. The Labute approximate surface area is 209 Å². The second-order valence-electron chi connectivity index (χ2n) is 12.3. The Morgan fingerprint density at radius 2 is 1.32 bits per heavy atom. The molecule has 0 spiro atoms. The van der Waals surface area contributed by atoms with Gasteiger partial charge >= 0.3 is 0 Å². The smallest absolute Gasteiger partial charge is 0.261 e. The molecule has 0 radical (unpaired) electrons. The summed E-state index contributed by atoms with van der Waals surface area (Å²) >= 11 is 0. The lowest BCUT2D eigenvalue weighted by molar-refractivity contribution is 0.107. The molecule has 0 bridgehead atoms. The molecule has 1 fully saturated rings. The van der Waals surface area contributed by atoms with Gasteiger partial charge in [0.25, 0.3) is 8.32 Å². The highest BCUT2D eigenvalue weighted by molar-refractivity contribution is 6.99. The molecule has 34 heavy (non-hydrogen) atoms. The van der Waals surface area contributed by atoms with Gasteiger partial charge in [-0.15, -0.1) is 0 Å². The minimum atomic E-state index is -2.72. The average molecular weight is 497 g/mol. The van der Waals surface area contributed by atoms with Gasteiger partial charge < -0.3 is 14.0 Å². The van der Waals surface area contributed by atoms with Crippen LogP contribution < -0.4 is 10.4 Å². The molecule has 5 heteroatoms. The molecule has 1 aliphatic carbocycles. The molecule has 0 aromatic heterocycles. The molecule has 0 aliphatic heterocycles. The van der Waals surface area contributed by atoms with Crippen molar-refractivity contribution in [2.45, 2.75) is 83.3 Å². The van der Waals surface area contributed by atoms with E-state index >= 15 is 0 Å². The fourth-order valence-corrected chi connectivity index (χ4v) is 10.6. The standard InChI is InChI=1S/C29H44O3Si2/c1-22-25(21-31-33(8,9)28(2,3)4)27(20-26(22)30)32-34(29(5,6)7,23-16-12-10-13-17-23)24-18-14-11-15-19-24/h10-19,25-27,30H,1,20-21H2,2-9H3/t25-,26+,27-/m0/s1. The number of benzene rings is 2. The first-order valence-corrected chi connectivity index (χ1v) is 17.3. The molecule has 2 aromatic rings. The van der Waals surface area contributed by atoms with Gasteiger partial charge in [0, 0.05) is 18.9 Å². The molecule has 3 atom stereocenters. The molecule has 1 aliphatic rings. The van der Waals surface area contributed by atoms with Crippen LogP contribution in [-0.2, 0) is 8.85 Å². The highest BCUT2D eigenvalue weighted by Crippen LogP contribution is 2.43. The van der Waals surface area contributed by atoms with Crippen LogP contribution in [0.1, 0.15) is 48.0 Å². The van der Waals surface area contributed by atoms with Crippen LogP contribution in [0.4, 0.5) is 0 Å². The molecule has 0 heterocycles. The topological polar surface area (TPSA) is 38.7 Å². The monoisotopic (exact) mass is 496 g/mol. The van der Waals surface area contributed by atoms with Crippen LogP contribution in [0.2, 0.25) is 23.2 Å². The van der Waals surface area contributed by atoms with Gasteiger partial charge in [0.05, 0.1) is 12.2 Å². The maximum absolute atomic E-state index is 10.9. The lowest BCUT2D eigenvalue weighted by atomic mass is 10.0. The minimum absolute atomic E-state index is 0.0224. The summed E-state index contributed by atoms with van der Waals surface area (Å²) in [5.74, 6) is -0.0224. The van der Waals surface area contributed by atoms with Crippen LogP contribution in [0.3, 0.4) is 0 Å². The molecule has 0 saturated heterocycles. The molecular weight excluding hydrogens is 452 g/mol. The molecule has 0 amide bonds. The van der Waals surface area contributed by atoms with E-state index in [1.165, 1.54) is 10.4 Å². The van der Waals surface area contributed by atoms with Gasteiger partial charge in [-0.3, -0.25) is 0 Å². The minimum Gasteiger partial charge on any atom is -0.416 e. The number of hydrogen-bond acceptors (Lipinski definition) is 3. The Hall–Kier alpha value is -1.51. The number of hydrogen-bond donors (Lipinski definition) is 1. The van der Waals surface area contributed by atoms with Gasteiger partial charge in [-0.25, -0.2) is 0 Å².